The summed E-state index contributed by atoms with van der Waals surface area (Å²) in [7, 11) is 0. The first-order valence-electron chi connectivity index (χ1n) is 10.4. The molecular weight excluding hydrogens is 406 g/mol. The van der Waals surface area contributed by atoms with E-state index in [-0.39, 0.29) is 35.2 Å². The lowest BCUT2D eigenvalue weighted by atomic mass is 9.76. The molecule has 1 aliphatic heterocycles. The smallest absolute Gasteiger partial charge is 0.270 e. The minimum Gasteiger partial charge on any atom is -0.508 e. The van der Waals surface area contributed by atoms with Crippen molar-refractivity contribution in [1.82, 2.24) is 0 Å². The highest BCUT2D eigenvalue weighted by Gasteiger charge is 2.39. The van der Waals surface area contributed by atoms with Crippen LogP contribution in [0.25, 0.3) is 0 Å². The maximum atomic E-state index is 12.5. The molecule has 5 rings (SSSR count). The summed E-state index contributed by atoms with van der Waals surface area (Å²) in [5, 5.41) is 28.1. The standard InChI is InChI=1S/C25H21N3O4/c29-23-12-10-17(28(31)32)14-21(23)24-19-8-4-7-18(19)20-13-16(9-11-22(20)27-24)26-25(30)15-5-2-1-3-6-15/h1-7,9-14,18-19,24,27,29H,8H2,(H,26,30). The Balaban J connectivity index is 1.47. The summed E-state index contributed by atoms with van der Waals surface area (Å²) in [6.45, 7) is 0. The lowest BCUT2D eigenvalue weighted by molar-refractivity contribution is -0.385. The number of benzene rings is 3. The maximum Gasteiger partial charge on any atom is 0.270 e. The molecule has 0 saturated carbocycles. The van der Waals surface area contributed by atoms with Gasteiger partial charge in [-0.3, -0.25) is 14.9 Å². The molecule has 1 aliphatic carbocycles. The van der Waals surface area contributed by atoms with E-state index in [0.29, 0.717) is 16.8 Å². The molecule has 0 bridgehead atoms. The van der Waals surface area contributed by atoms with E-state index in [2.05, 4.69) is 22.8 Å². The molecule has 1 amide bonds. The van der Waals surface area contributed by atoms with Crippen LogP contribution in [0.5, 0.6) is 5.75 Å². The van der Waals surface area contributed by atoms with Gasteiger partial charge in [0.25, 0.3) is 11.6 Å². The first kappa shape index (κ1) is 19.8. The summed E-state index contributed by atoms with van der Waals surface area (Å²) in [5.74, 6) is 0.0279. The van der Waals surface area contributed by atoms with E-state index in [4.69, 9.17) is 0 Å². The Hall–Kier alpha value is -4.13. The Morgan fingerprint density at radius 3 is 2.66 bits per heavy atom. The van der Waals surface area contributed by atoms with Crippen LogP contribution in [0, 0.1) is 16.0 Å². The fourth-order valence-electron chi connectivity index (χ4n) is 4.68. The van der Waals surface area contributed by atoms with E-state index < -0.39 is 4.92 Å². The molecule has 3 unspecified atom stereocenters. The lowest BCUT2D eigenvalue weighted by Gasteiger charge is -2.37. The van der Waals surface area contributed by atoms with E-state index in [1.165, 1.54) is 18.2 Å². The van der Waals surface area contributed by atoms with Crippen molar-refractivity contribution in [3.05, 3.63) is 106 Å². The van der Waals surface area contributed by atoms with Crippen LogP contribution in [0.1, 0.15) is 39.9 Å². The van der Waals surface area contributed by atoms with Gasteiger partial charge in [0, 0.05) is 40.6 Å². The Labute approximate surface area is 184 Å². The van der Waals surface area contributed by atoms with E-state index in [1.54, 1.807) is 12.1 Å². The lowest BCUT2D eigenvalue weighted by Crippen LogP contribution is -2.29. The van der Waals surface area contributed by atoms with Crippen LogP contribution in [0.15, 0.2) is 78.9 Å². The van der Waals surface area contributed by atoms with Crippen molar-refractivity contribution in [2.45, 2.75) is 18.4 Å². The molecule has 1 heterocycles. The second-order valence-corrected chi connectivity index (χ2v) is 8.10. The number of phenolic OH excluding ortho intramolecular Hbond substituents is 1. The van der Waals surface area contributed by atoms with Gasteiger partial charge in [0.2, 0.25) is 0 Å². The number of phenols is 1. The number of non-ortho nitro benzene ring substituents is 1. The van der Waals surface area contributed by atoms with Crippen LogP contribution in [0.3, 0.4) is 0 Å². The molecule has 160 valence electrons. The Morgan fingerprint density at radius 1 is 1.06 bits per heavy atom. The summed E-state index contributed by atoms with van der Waals surface area (Å²) >= 11 is 0. The largest absolute Gasteiger partial charge is 0.508 e. The molecule has 7 nitrogen and oxygen atoms in total. The summed E-state index contributed by atoms with van der Waals surface area (Å²) < 4.78 is 0. The monoisotopic (exact) mass is 427 g/mol. The van der Waals surface area contributed by atoms with Crippen molar-refractivity contribution in [1.29, 1.82) is 0 Å². The van der Waals surface area contributed by atoms with E-state index in [1.807, 2.05) is 36.4 Å². The van der Waals surface area contributed by atoms with Gasteiger partial charge in [0.15, 0.2) is 0 Å². The summed E-state index contributed by atoms with van der Waals surface area (Å²) in [4.78, 5) is 23.4. The van der Waals surface area contributed by atoms with Gasteiger partial charge in [-0.25, -0.2) is 0 Å². The van der Waals surface area contributed by atoms with Crippen LogP contribution in [0.4, 0.5) is 17.1 Å². The normalized spacial score (nSPS) is 20.7. The van der Waals surface area contributed by atoms with Gasteiger partial charge in [-0.05, 0) is 54.3 Å². The van der Waals surface area contributed by atoms with Crippen LogP contribution in [-0.4, -0.2) is 15.9 Å². The van der Waals surface area contributed by atoms with E-state index >= 15 is 0 Å². The fourth-order valence-corrected chi connectivity index (χ4v) is 4.68. The van der Waals surface area contributed by atoms with Gasteiger partial charge in [0.1, 0.15) is 5.75 Å². The summed E-state index contributed by atoms with van der Waals surface area (Å²) in [6.07, 6.45) is 5.02. The third-order valence-electron chi connectivity index (χ3n) is 6.21. The maximum absolute atomic E-state index is 12.5. The first-order valence-corrected chi connectivity index (χ1v) is 10.4. The number of nitrogens with zero attached hydrogens (tertiary/aromatic N) is 1. The minimum atomic E-state index is -0.453. The molecule has 32 heavy (non-hydrogen) atoms. The average molecular weight is 427 g/mol. The van der Waals surface area contributed by atoms with E-state index in [0.717, 1.165) is 17.7 Å². The molecule has 0 aromatic heterocycles. The number of aromatic hydroxyl groups is 1. The van der Waals surface area contributed by atoms with Gasteiger partial charge in [-0.15, -0.1) is 0 Å². The first-order chi connectivity index (χ1) is 15.5. The van der Waals surface area contributed by atoms with Gasteiger partial charge >= 0.3 is 0 Å². The molecule has 3 N–H and O–H groups in total. The van der Waals surface area contributed by atoms with Gasteiger partial charge in [-0.2, -0.15) is 0 Å². The number of hydrogen-bond acceptors (Lipinski definition) is 5. The number of nitrogens with one attached hydrogen (secondary N) is 2. The number of carbonyl (C=O) groups excluding carboxylic acids is 1. The molecule has 0 fully saturated rings. The number of fused-ring (bicyclic) bond motifs is 3. The third kappa shape index (κ3) is 3.47. The Bertz CT molecular complexity index is 1240. The number of amides is 1. The zero-order chi connectivity index (χ0) is 22.2. The SMILES string of the molecule is O=C(Nc1ccc2c(c1)C1C=CCC1C(c1cc([N+](=O)[O-])ccc1O)N2)c1ccccc1. The zero-order valence-electron chi connectivity index (χ0n) is 17.1. The molecule has 0 radical (unpaired) electrons. The van der Waals surface area contributed by atoms with Gasteiger partial charge in [0.05, 0.1) is 11.0 Å². The number of hydrogen-bond donors (Lipinski definition) is 3. The van der Waals surface area contributed by atoms with Crippen molar-refractivity contribution in [3.63, 3.8) is 0 Å². The van der Waals surface area contributed by atoms with Crippen molar-refractivity contribution in [2.24, 2.45) is 5.92 Å². The minimum absolute atomic E-state index is 0.0361. The van der Waals surface area contributed by atoms with Crippen molar-refractivity contribution in [3.8, 4) is 5.75 Å². The highest BCUT2D eigenvalue weighted by molar-refractivity contribution is 6.04. The van der Waals surface area contributed by atoms with Crippen LogP contribution >= 0.6 is 0 Å². The molecule has 0 spiro atoms. The second-order valence-electron chi connectivity index (χ2n) is 8.10. The molecule has 0 saturated heterocycles. The number of nitro groups is 1. The average Bonchev–Trinajstić information content (AvgIpc) is 3.30. The molecule has 3 atom stereocenters. The van der Waals surface area contributed by atoms with Gasteiger partial charge in [-0.1, -0.05) is 30.4 Å². The van der Waals surface area contributed by atoms with Gasteiger partial charge < -0.3 is 15.7 Å². The highest BCUT2D eigenvalue weighted by Crippen LogP contribution is 2.51. The zero-order valence-corrected chi connectivity index (χ0v) is 17.1. The molecular formula is C25H21N3O4. The van der Waals surface area contributed by atoms with E-state index in [9.17, 15) is 20.0 Å². The van der Waals surface area contributed by atoms with Crippen LogP contribution < -0.4 is 10.6 Å². The van der Waals surface area contributed by atoms with Crippen molar-refractivity contribution < 1.29 is 14.8 Å². The number of rotatable bonds is 4. The number of nitro benzene ring substituents is 1. The third-order valence-corrected chi connectivity index (χ3v) is 6.21. The fraction of sp³-hybridized carbons (Fsp3) is 0.160. The molecule has 3 aromatic carbocycles. The molecule has 7 heteroatoms. The van der Waals surface area contributed by atoms with Crippen molar-refractivity contribution in [2.75, 3.05) is 10.6 Å². The summed E-state index contributed by atoms with van der Waals surface area (Å²) in [5.41, 5.74) is 3.69. The number of anilines is 2. The molecule has 3 aromatic rings. The van der Waals surface area contributed by atoms with Crippen LogP contribution in [-0.2, 0) is 0 Å². The Morgan fingerprint density at radius 2 is 1.88 bits per heavy atom. The highest BCUT2D eigenvalue weighted by atomic mass is 16.6. The Kier molecular flexibility index (Phi) is 4.86. The summed E-state index contributed by atoms with van der Waals surface area (Å²) in [6, 6.07) is 18.6. The quantitative estimate of drug-likeness (QED) is 0.295. The van der Waals surface area contributed by atoms with Crippen LogP contribution in [0.2, 0.25) is 0 Å². The van der Waals surface area contributed by atoms with Crippen molar-refractivity contribution >= 4 is 23.0 Å². The predicted molar refractivity (Wildman–Crippen MR) is 122 cm³/mol. The number of carbonyl (C=O) groups is 1. The topological polar surface area (TPSA) is 104 Å². The second kappa shape index (κ2) is 7.85. The number of allylic oxidation sites excluding steroid dienone is 2. The predicted octanol–water partition coefficient (Wildman–Crippen LogP) is 5.38. The molecule has 2 aliphatic rings.